The summed E-state index contributed by atoms with van der Waals surface area (Å²) < 4.78 is 0. The van der Waals surface area contributed by atoms with Gasteiger partial charge in [0.2, 0.25) is 0 Å². The first-order valence-electron chi connectivity index (χ1n) is 6.04. The zero-order valence-electron chi connectivity index (χ0n) is 10.7. The van der Waals surface area contributed by atoms with Crippen LogP contribution in [0.4, 0.5) is 11.5 Å². The molecule has 18 heavy (non-hydrogen) atoms. The van der Waals surface area contributed by atoms with Crippen LogP contribution < -0.4 is 5.32 Å². The lowest BCUT2D eigenvalue weighted by molar-refractivity contribution is -0.385. The van der Waals surface area contributed by atoms with E-state index in [1.807, 2.05) is 6.92 Å². The normalized spacial score (nSPS) is 12.2. The number of anilines is 1. The Bertz CT molecular complexity index is 410. The third kappa shape index (κ3) is 3.96. The molecule has 1 aromatic rings. The van der Waals surface area contributed by atoms with Crippen molar-refractivity contribution in [3.8, 4) is 0 Å². The first kappa shape index (κ1) is 14.4. The van der Waals surface area contributed by atoms with Crippen LogP contribution in [0.25, 0.3) is 0 Å². The Kier molecular flexibility index (Phi) is 5.51. The average molecular weight is 253 g/mol. The van der Waals surface area contributed by atoms with Crippen LogP contribution in [0.2, 0.25) is 0 Å². The van der Waals surface area contributed by atoms with E-state index in [2.05, 4.69) is 10.3 Å². The summed E-state index contributed by atoms with van der Waals surface area (Å²) in [6.07, 6.45) is 3.16. The van der Waals surface area contributed by atoms with Crippen molar-refractivity contribution in [2.75, 3.05) is 18.5 Å². The van der Waals surface area contributed by atoms with E-state index >= 15 is 0 Å². The molecule has 1 aromatic heterocycles. The lowest BCUT2D eigenvalue weighted by Crippen LogP contribution is -2.15. The van der Waals surface area contributed by atoms with Crippen molar-refractivity contribution in [2.24, 2.45) is 5.92 Å². The quantitative estimate of drug-likeness (QED) is 0.574. The van der Waals surface area contributed by atoms with E-state index < -0.39 is 4.92 Å². The molecule has 0 spiro atoms. The molecular weight excluding hydrogens is 234 g/mol. The highest BCUT2D eigenvalue weighted by molar-refractivity contribution is 5.48. The minimum Gasteiger partial charge on any atom is -0.396 e. The first-order valence-corrected chi connectivity index (χ1v) is 6.04. The van der Waals surface area contributed by atoms with Crippen LogP contribution in [0.5, 0.6) is 0 Å². The van der Waals surface area contributed by atoms with Gasteiger partial charge in [0, 0.05) is 24.9 Å². The monoisotopic (exact) mass is 253 g/mol. The van der Waals surface area contributed by atoms with E-state index in [1.54, 1.807) is 6.92 Å². The van der Waals surface area contributed by atoms with Crippen LogP contribution in [0.15, 0.2) is 12.3 Å². The molecule has 0 amide bonds. The fourth-order valence-electron chi connectivity index (χ4n) is 1.69. The maximum atomic E-state index is 10.8. The van der Waals surface area contributed by atoms with Crippen LogP contribution in [0, 0.1) is 23.0 Å². The van der Waals surface area contributed by atoms with Gasteiger partial charge in [-0.3, -0.25) is 10.1 Å². The smallest absolute Gasteiger partial charge is 0.277 e. The van der Waals surface area contributed by atoms with Crippen molar-refractivity contribution in [1.29, 1.82) is 0 Å². The Labute approximate surface area is 106 Å². The Morgan fingerprint density at radius 2 is 2.33 bits per heavy atom. The molecule has 0 aliphatic carbocycles. The maximum Gasteiger partial charge on any atom is 0.277 e. The van der Waals surface area contributed by atoms with E-state index in [-0.39, 0.29) is 12.3 Å². The van der Waals surface area contributed by atoms with E-state index in [0.29, 0.717) is 23.8 Å². The van der Waals surface area contributed by atoms with Gasteiger partial charge < -0.3 is 10.4 Å². The molecule has 1 unspecified atom stereocenters. The summed E-state index contributed by atoms with van der Waals surface area (Å²) >= 11 is 0. The van der Waals surface area contributed by atoms with Crippen molar-refractivity contribution >= 4 is 11.5 Å². The summed E-state index contributed by atoms with van der Waals surface area (Å²) in [4.78, 5) is 14.5. The Balaban J connectivity index is 2.67. The van der Waals surface area contributed by atoms with Gasteiger partial charge in [0.05, 0.1) is 11.0 Å². The molecule has 1 heterocycles. The van der Waals surface area contributed by atoms with E-state index in [1.165, 1.54) is 12.3 Å². The lowest BCUT2D eigenvalue weighted by Gasteiger charge is -2.14. The molecule has 0 saturated heterocycles. The minimum atomic E-state index is -0.410. The van der Waals surface area contributed by atoms with Gasteiger partial charge in [-0.2, -0.15) is 0 Å². The topological polar surface area (TPSA) is 88.3 Å². The molecule has 6 heteroatoms. The Morgan fingerprint density at radius 3 is 2.89 bits per heavy atom. The van der Waals surface area contributed by atoms with Gasteiger partial charge >= 0.3 is 0 Å². The summed E-state index contributed by atoms with van der Waals surface area (Å²) in [6, 6.07) is 1.45. The molecule has 2 N–H and O–H groups in total. The summed E-state index contributed by atoms with van der Waals surface area (Å²) in [6.45, 7) is 4.52. The molecule has 1 rings (SSSR count). The number of hydrogen-bond donors (Lipinski definition) is 2. The molecule has 1 atom stereocenters. The summed E-state index contributed by atoms with van der Waals surface area (Å²) in [5, 5.41) is 22.7. The minimum absolute atomic E-state index is 0.0720. The number of pyridine rings is 1. The van der Waals surface area contributed by atoms with Crippen LogP contribution in [0.1, 0.15) is 25.3 Å². The van der Waals surface area contributed by atoms with Gasteiger partial charge in [-0.05, 0) is 19.3 Å². The third-order valence-electron chi connectivity index (χ3n) is 2.96. The van der Waals surface area contributed by atoms with Crippen LogP contribution >= 0.6 is 0 Å². The predicted octanol–water partition coefficient (Wildman–Crippen LogP) is 2.12. The average Bonchev–Trinajstić information content (AvgIpc) is 2.35. The highest BCUT2D eigenvalue weighted by Crippen LogP contribution is 2.20. The molecule has 6 nitrogen and oxygen atoms in total. The number of nitro groups is 1. The predicted molar refractivity (Wildman–Crippen MR) is 69.6 cm³/mol. The molecule has 0 radical (unpaired) electrons. The summed E-state index contributed by atoms with van der Waals surface area (Å²) in [5.41, 5.74) is 0.621. The Morgan fingerprint density at radius 1 is 1.61 bits per heavy atom. The van der Waals surface area contributed by atoms with Crippen LogP contribution in [0.3, 0.4) is 0 Å². The standard InChI is InChI=1S/C12H19N3O3/c1-3-10(4-5-16)8-14-12-6-11(15(17)18)9(2)7-13-12/h6-7,10,16H,3-5,8H2,1-2H3,(H,13,14). The van der Waals surface area contributed by atoms with Gasteiger partial charge in [-0.15, -0.1) is 0 Å². The summed E-state index contributed by atoms with van der Waals surface area (Å²) in [5.74, 6) is 0.848. The molecule has 0 aliphatic rings. The van der Waals surface area contributed by atoms with Gasteiger partial charge in [-0.1, -0.05) is 13.3 Å². The largest absolute Gasteiger partial charge is 0.396 e. The lowest BCUT2D eigenvalue weighted by atomic mass is 10.0. The summed E-state index contributed by atoms with van der Waals surface area (Å²) in [7, 11) is 0. The fraction of sp³-hybridized carbons (Fsp3) is 0.583. The number of hydrogen-bond acceptors (Lipinski definition) is 5. The SMILES string of the molecule is CCC(CCO)CNc1cc([N+](=O)[O-])c(C)cn1. The number of aliphatic hydroxyl groups is 1. The Hall–Kier alpha value is -1.69. The van der Waals surface area contributed by atoms with Gasteiger partial charge in [0.15, 0.2) is 0 Å². The van der Waals surface area contributed by atoms with Crippen molar-refractivity contribution in [3.63, 3.8) is 0 Å². The maximum absolute atomic E-state index is 10.8. The second-order valence-corrected chi connectivity index (χ2v) is 4.28. The first-order chi connectivity index (χ1) is 8.58. The molecule has 100 valence electrons. The zero-order valence-corrected chi connectivity index (χ0v) is 10.7. The second-order valence-electron chi connectivity index (χ2n) is 4.28. The molecular formula is C12H19N3O3. The second kappa shape index (κ2) is 6.90. The molecule has 0 saturated carbocycles. The molecule has 0 bridgehead atoms. The zero-order chi connectivity index (χ0) is 13.5. The fourth-order valence-corrected chi connectivity index (χ4v) is 1.69. The van der Waals surface area contributed by atoms with E-state index in [9.17, 15) is 10.1 Å². The number of nitrogens with one attached hydrogen (secondary N) is 1. The molecule has 0 aromatic carbocycles. The van der Waals surface area contributed by atoms with E-state index in [4.69, 9.17) is 5.11 Å². The highest BCUT2D eigenvalue weighted by atomic mass is 16.6. The van der Waals surface area contributed by atoms with Crippen molar-refractivity contribution in [3.05, 3.63) is 27.9 Å². The van der Waals surface area contributed by atoms with Crippen LogP contribution in [-0.2, 0) is 0 Å². The van der Waals surface area contributed by atoms with E-state index in [0.717, 1.165) is 12.8 Å². The van der Waals surface area contributed by atoms with Gasteiger partial charge in [0.1, 0.15) is 5.82 Å². The highest BCUT2D eigenvalue weighted by Gasteiger charge is 2.12. The number of aliphatic hydroxyl groups excluding tert-OH is 1. The molecule has 0 aliphatic heterocycles. The van der Waals surface area contributed by atoms with Crippen molar-refractivity contribution in [2.45, 2.75) is 26.7 Å². The molecule has 0 fully saturated rings. The van der Waals surface area contributed by atoms with Crippen LogP contribution in [-0.4, -0.2) is 28.2 Å². The third-order valence-corrected chi connectivity index (χ3v) is 2.96. The van der Waals surface area contributed by atoms with Crippen molar-refractivity contribution in [1.82, 2.24) is 4.98 Å². The van der Waals surface area contributed by atoms with Crippen molar-refractivity contribution < 1.29 is 10.0 Å². The van der Waals surface area contributed by atoms with Gasteiger partial charge in [0.25, 0.3) is 5.69 Å². The number of nitrogens with zero attached hydrogens (tertiary/aromatic N) is 2. The van der Waals surface area contributed by atoms with Gasteiger partial charge in [-0.25, -0.2) is 4.98 Å². The number of rotatable bonds is 7. The number of aromatic nitrogens is 1. The number of aryl methyl sites for hydroxylation is 1.